The Bertz CT molecular complexity index is 1470. The monoisotopic (exact) mass is 554 g/mol. The lowest BCUT2D eigenvalue weighted by Gasteiger charge is -2.25. The van der Waals surface area contributed by atoms with E-state index < -0.39 is 45.7 Å². The van der Waals surface area contributed by atoms with Gasteiger partial charge in [-0.2, -0.15) is 4.31 Å². The topological polar surface area (TPSA) is 139 Å². The van der Waals surface area contributed by atoms with Crippen LogP contribution in [0.1, 0.15) is 56.2 Å². The number of rotatable bonds is 8. The van der Waals surface area contributed by atoms with E-state index in [0.717, 1.165) is 9.69 Å². The maximum atomic E-state index is 13.4. The van der Waals surface area contributed by atoms with Crippen LogP contribution in [0.25, 0.3) is 11.0 Å². The summed E-state index contributed by atoms with van der Waals surface area (Å²) in [5, 5.41) is 6.24. The highest BCUT2D eigenvalue weighted by molar-refractivity contribution is 7.89. The molecule has 1 aliphatic heterocycles. The average Bonchev–Trinajstić information content (AvgIpc) is 3.17. The summed E-state index contributed by atoms with van der Waals surface area (Å²) >= 11 is 0. The number of aromatic nitrogens is 1. The Morgan fingerprint density at radius 3 is 2.51 bits per heavy atom. The lowest BCUT2D eigenvalue weighted by atomic mass is 10.0. The summed E-state index contributed by atoms with van der Waals surface area (Å²) in [4.78, 5) is 43.6. The Morgan fingerprint density at radius 1 is 1.13 bits per heavy atom. The molecule has 2 N–H and O–H groups in total. The molecule has 1 aliphatic rings. The molecule has 1 saturated heterocycles. The van der Waals surface area contributed by atoms with Gasteiger partial charge in [0.1, 0.15) is 11.6 Å². The van der Waals surface area contributed by atoms with Gasteiger partial charge in [-0.25, -0.2) is 13.4 Å². The Labute approximate surface area is 228 Å². The zero-order valence-electron chi connectivity index (χ0n) is 22.5. The van der Waals surface area contributed by atoms with Crippen molar-refractivity contribution in [2.75, 3.05) is 6.54 Å². The van der Waals surface area contributed by atoms with Crippen LogP contribution in [0.4, 0.5) is 0 Å². The molecular formula is C28H34N4O6S. The fraction of sp³-hybridized carbons (Fsp3) is 0.429. The van der Waals surface area contributed by atoms with Crippen molar-refractivity contribution in [3.05, 3.63) is 60.0 Å². The van der Waals surface area contributed by atoms with Crippen LogP contribution in [0.2, 0.25) is 0 Å². The summed E-state index contributed by atoms with van der Waals surface area (Å²) in [6.07, 6.45) is 2.36. The highest BCUT2D eigenvalue weighted by atomic mass is 32.2. The van der Waals surface area contributed by atoms with Gasteiger partial charge >= 0.3 is 0 Å². The minimum absolute atomic E-state index is 0.0710. The molecule has 11 heteroatoms. The second-order valence-corrected chi connectivity index (χ2v) is 12.2. The molecule has 0 spiro atoms. The van der Waals surface area contributed by atoms with E-state index in [1.54, 1.807) is 32.0 Å². The maximum absolute atomic E-state index is 13.4. The SMILES string of the molecule is Cc1c(C(=O)N[C@@H](CC(C)C)C(=O)N[C@H]2CC[C@@H](C)N(S(=O)(=O)c3ccccn3)CC2=O)oc2ccccc12. The second-order valence-electron chi connectivity index (χ2n) is 10.4. The van der Waals surface area contributed by atoms with E-state index in [9.17, 15) is 22.8 Å². The number of pyridine rings is 1. The minimum atomic E-state index is -3.99. The minimum Gasteiger partial charge on any atom is -0.451 e. The predicted molar refractivity (Wildman–Crippen MR) is 145 cm³/mol. The van der Waals surface area contributed by atoms with Gasteiger partial charge in [-0.05, 0) is 57.2 Å². The number of amides is 2. The summed E-state index contributed by atoms with van der Waals surface area (Å²) < 4.78 is 33.2. The number of ketones is 1. The van der Waals surface area contributed by atoms with Crippen molar-refractivity contribution in [3.63, 3.8) is 0 Å². The fourth-order valence-electron chi connectivity index (χ4n) is 4.82. The Hall–Kier alpha value is -3.57. The van der Waals surface area contributed by atoms with Crippen LogP contribution in [-0.4, -0.2) is 60.0 Å². The van der Waals surface area contributed by atoms with E-state index >= 15 is 0 Å². The third kappa shape index (κ3) is 6.20. The Kier molecular flexibility index (Phi) is 8.51. The first-order valence-electron chi connectivity index (χ1n) is 13.0. The fourth-order valence-corrected chi connectivity index (χ4v) is 6.38. The van der Waals surface area contributed by atoms with Crippen molar-refractivity contribution in [1.82, 2.24) is 19.9 Å². The first-order valence-corrected chi connectivity index (χ1v) is 14.5. The van der Waals surface area contributed by atoms with Crippen molar-refractivity contribution >= 4 is 38.6 Å². The molecule has 3 heterocycles. The van der Waals surface area contributed by atoms with Crippen LogP contribution in [0.3, 0.4) is 0 Å². The van der Waals surface area contributed by atoms with Gasteiger partial charge < -0.3 is 15.1 Å². The lowest BCUT2D eigenvalue weighted by Crippen LogP contribution is -2.52. The molecule has 1 aromatic carbocycles. The normalized spacial score (nSPS) is 19.6. The molecule has 2 aromatic heterocycles. The molecule has 3 atom stereocenters. The number of benzene rings is 1. The number of carbonyl (C=O) groups is 3. The molecule has 0 saturated carbocycles. The molecule has 0 bridgehead atoms. The van der Waals surface area contributed by atoms with E-state index in [1.807, 2.05) is 32.0 Å². The van der Waals surface area contributed by atoms with E-state index in [2.05, 4.69) is 15.6 Å². The zero-order chi connectivity index (χ0) is 28.3. The number of fused-ring (bicyclic) bond motifs is 1. The number of hydrogen-bond acceptors (Lipinski definition) is 7. The number of hydrogen-bond donors (Lipinski definition) is 2. The largest absolute Gasteiger partial charge is 0.451 e. The second kappa shape index (κ2) is 11.7. The van der Waals surface area contributed by atoms with Crippen LogP contribution >= 0.6 is 0 Å². The van der Waals surface area contributed by atoms with Gasteiger partial charge in [-0.3, -0.25) is 14.4 Å². The number of nitrogens with one attached hydrogen (secondary N) is 2. The summed E-state index contributed by atoms with van der Waals surface area (Å²) in [6, 6.07) is 9.61. The average molecular weight is 555 g/mol. The smallest absolute Gasteiger partial charge is 0.287 e. The van der Waals surface area contributed by atoms with E-state index in [0.29, 0.717) is 24.0 Å². The van der Waals surface area contributed by atoms with Crippen molar-refractivity contribution < 1.29 is 27.2 Å². The van der Waals surface area contributed by atoms with Crippen molar-refractivity contribution in [2.45, 2.75) is 70.1 Å². The van der Waals surface area contributed by atoms with Gasteiger partial charge in [0.2, 0.25) is 5.91 Å². The molecule has 1 fully saturated rings. The number of sulfonamides is 1. The van der Waals surface area contributed by atoms with Gasteiger partial charge in [0, 0.05) is 23.2 Å². The summed E-state index contributed by atoms with van der Waals surface area (Å²) in [5.41, 5.74) is 1.25. The van der Waals surface area contributed by atoms with Gasteiger partial charge in [0.05, 0.1) is 12.6 Å². The molecule has 3 aromatic rings. The molecule has 0 aliphatic carbocycles. The highest BCUT2D eigenvalue weighted by Gasteiger charge is 2.38. The third-order valence-corrected chi connectivity index (χ3v) is 8.85. The highest BCUT2D eigenvalue weighted by Crippen LogP contribution is 2.26. The molecule has 4 rings (SSSR count). The van der Waals surface area contributed by atoms with Crippen LogP contribution < -0.4 is 10.6 Å². The number of Topliss-reactive ketones (excluding diaryl/α,β-unsaturated/α-hetero) is 1. The predicted octanol–water partition coefficient (Wildman–Crippen LogP) is 3.21. The van der Waals surface area contributed by atoms with Crippen molar-refractivity contribution in [2.24, 2.45) is 5.92 Å². The van der Waals surface area contributed by atoms with Gasteiger partial charge in [-0.15, -0.1) is 0 Å². The van der Waals surface area contributed by atoms with E-state index in [4.69, 9.17) is 4.42 Å². The van der Waals surface area contributed by atoms with Crippen LogP contribution in [0.5, 0.6) is 0 Å². The summed E-state index contributed by atoms with van der Waals surface area (Å²) in [6.45, 7) is 6.99. The number of para-hydroxylation sites is 1. The zero-order valence-corrected chi connectivity index (χ0v) is 23.3. The molecular weight excluding hydrogens is 520 g/mol. The molecule has 39 heavy (non-hydrogen) atoms. The van der Waals surface area contributed by atoms with Crippen molar-refractivity contribution in [3.8, 4) is 0 Å². The number of furan rings is 1. The van der Waals surface area contributed by atoms with Gasteiger partial charge in [-0.1, -0.05) is 38.1 Å². The standard InChI is InChI=1S/C28H34N4O6S/c1-17(2)15-22(31-28(35)26-19(4)20-9-5-6-10-24(20)38-26)27(34)30-21-13-12-18(3)32(16-23(21)33)39(36,37)25-11-7-8-14-29-25/h5-11,14,17-18,21-22H,12-13,15-16H2,1-4H3,(H,30,34)(H,31,35)/t18-,21+,22+/m1/s1. The Balaban J connectivity index is 1.49. The first-order chi connectivity index (χ1) is 18.5. The Morgan fingerprint density at radius 2 is 1.85 bits per heavy atom. The molecule has 0 unspecified atom stereocenters. The third-order valence-electron chi connectivity index (χ3n) is 6.97. The summed E-state index contributed by atoms with van der Waals surface area (Å²) in [5.74, 6) is -1.24. The maximum Gasteiger partial charge on any atom is 0.287 e. The van der Waals surface area contributed by atoms with Crippen LogP contribution in [0, 0.1) is 12.8 Å². The number of carbonyl (C=O) groups excluding carboxylic acids is 3. The molecule has 208 valence electrons. The van der Waals surface area contributed by atoms with Crippen LogP contribution in [0.15, 0.2) is 58.1 Å². The first kappa shape index (κ1) is 28.4. The molecule has 0 radical (unpaired) electrons. The number of nitrogens with zero attached hydrogens (tertiary/aromatic N) is 2. The van der Waals surface area contributed by atoms with Gasteiger partial charge in [0.25, 0.3) is 15.9 Å². The van der Waals surface area contributed by atoms with Gasteiger partial charge in [0.15, 0.2) is 16.6 Å². The van der Waals surface area contributed by atoms with E-state index in [1.165, 1.54) is 12.3 Å². The van der Waals surface area contributed by atoms with Crippen LogP contribution in [-0.2, 0) is 19.6 Å². The molecule has 2 amide bonds. The lowest BCUT2D eigenvalue weighted by molar-refractivity contribution is -0.129. The quantitative estimate of drug-likeness (QED) is 0.436. The molecule has 10 nitrogen and oxygen atoms in total. The number of aryl methyl sites for hydroxylation is 1. The van der Waals surface area contributed by atoms with E-state index in [-0.39, 0.29) is 29.7 Å². The summed E-state index contributed by atoms with van der Waals surface area (Å²) in [7, 11) is -3.99. The van der Waals surface area contributed by atoms with Crippen molar-refractivity contribution in [1.29, 1.82) is 0 Å².